The van der Waals surface area contributed by atoms with Crippen LogP contribution >= 0.6 is 0 Å². The number of carbonyl (C=O) groups excluding carboxylic acids is 1. The van der Waals surface area contributed by atoms with Gasteiger partial charge in [-0.25, -0.2) is 0 Å². The average molecular weight is 301 g/mol. The summed E-state index contributed by atoms with van der Waals surface area (Å²) in [5.74, 6) is 0.113. The minimum Gasteiger partial charge on any atom is -0.395 e. The van der Waals surface area contributed by atoms with Crippen molar-refractivity contribution in [2.24, 2.45) is 0 Å². The third kappa shape index (κ3) is 2.74. The lowest BCUT2D eigenvalue weighted by molar-refractivity contribution is 0.0605. The Labute approximate surface area is 130 Å². The molecule has 1 aromatic carbocycles. The van der Waals surface area contributed by atoms with E-state index in [1.807, 2.05) is 23.1 Å². The van der Waals surface area contributed by atoms with Crippen LogP contribution in [0.1, 0.15) is 17.4 Å². The molecule has 0 unspecified atom stereocenters. The second kappa shape index (κ2) is 6.50. The topological polar surface area (TPSA) is 48.7 Å². The smallest absolute Gasteiger partial charge is 0.270 e. The van der Waals surface area contributed by atoms with Crippen molar-refractivity contribution in [3.05, 3.63) is 36.0 Å². The third-order valence-corrected chi connectivity index (χ3v) is 4.42. The Morgan fingerprint density at radius 1 is 1.18 bits per heavy atom. The molecule has 1 aliphatic rings. The highest BCUT2D eigenvalue weighted by molar-refractivity contribution is 5.98. The highest BCUT2D eigenvalue weighted by Crippen LogP contribution is 2.21. The summed E-state index contributed by atoms with van der Waals surface area (Å²) in [5.41, 5.74) is 1.89. The monoisotopic (exact) mass is 301 g/mol. The number of piperazine rings is 1. The molecule has 0 spiro atoms. The van der Waals surface area contributed by atoms with Crippen molar-refractivity contribution in [3.63, 3.8) is 0 Å². The molecule has 22 heavy (non-hydrogen) atoms. The van der Waals surface area contributed by atoms with Crippen LogP contribution in [0.2, 0.25) is 0 Å². The summed E-state index contributed by atoms with van der Waals surface area (Å²) in [6.45, 7) is 6.85. The van der Waals surface area contributed by atoms with E-state index in [1.165, 1.54) is 0 Å². The average Bonchev–Trinajstić information content (AvgIpc) is 2.93. The summed E-state index contributed by atoms with van der Waals surface area (Å²) in [6, 6.07) is 10.1. The van der Waals surface area contributed by atoms with E-state index in [-0.39, 0.29) is 12.5 Å². The Kier molecular flexibility index (Phi) is 4.45. The third-order valence-electron chi connectivity index (χ3n) is 4.42. The number of benzene rings is 1. The molecule has 1 amide bonds. The zero-order chi connectivity index (χ0) is 15.5. The van der Waals surface area contributed by atoms with Gasteiger partial charge in [-0.15, -0.1) is 0 Å². The number of hydrogen-bond donors (Lipinski definition) is 1. The van der Waals surface area contributed by atoms with Gasteiger partial charge in [-0.05, 0) is 19.1 Å². The molecule has 5 heteroatoms. The number of aliphatic hydroxyl groups is 1. The first-order chi connectivity index (χ1) is 10.7. The van der Waals surface area contributed by atoms with Gasteiger partial charge in [0, 0.05) is 50.2 Å². The van der Waals surface area contributed by atoms with Gasteiger partial charge in [0.15, 0.2) is 0 Å². The predicted octanol–water partition coefficient (Wildman–Crippen LogP) is 1.41. The predicted molar refractivity (Wildman–Crippen MR) is 87.0 cm³/mol. The van der Waals surface area contributed by atoms with Crippen LogP contribution < -0.4 is 0 Å². The van der Waals surface area contributed by atoms with Crippen LogP contribution in [0.5, 0.6) is 0 Å². The fourth-order valence-electron chi connectivity index (χ4n) is 3.21. The van der Waals surface area contributed by atoms with Crippen LogP contribution in [-0.4, -0.2) is 64.7 Å². The Morgan fingerprint density at radius 3 is 2.59 bits per heavy atom. The molecule has 5 nitrogen and oxygen atoms in total. The van der Waals surface area contributed by atoms with Crippen LogP contribution in [-0.2, 0) is 6.54 Å². The molecule has 3 rings (SSSR count). The second-order valence-corrected chi connectivity index (χ2v) is 5.69. The Bertz CT molecular complexity index is 657. The van der Waals surface area contributed by atoms with Crippen molar-refractivity contribution < 1.29 is 9.90 Å². The van der Waals surface area contributed by atoms with E-state index in [0.717, 1.165) is 49.3 Å². The maximum absolute atomic E-state index is 12.9. The standard InChI is InChI=1S/C17H23N3O2/c1-2-20-15-6-4-3-5-14(15)13-16(20)17(22)19-9-7-18(8-10-19)11-12-21/h3-6,13,21H,2,7-12H2,1H3. The van der Waals surface area contributed by atoms with Crippen LogP contribution in [0.3, 0.4) is 0 Å². The molecule has 2 heterocycles. The Balaban J connectivity index is 1.81. The number of rotatable bonds is 4. The van der Waals surface area contributed by atoms with Gasteiger partial charge in [0.25, 0.3) is 5.91 Å². The van der Waals surface area contributed by atoms with E-state index in [0.29, 0.717) is 6.54 Å². The molecular formula is C17H23N3O2. The summed E-state index contributed by atoms with van der Waals surface area (Å²) in [4.78, 5) is 17.0. The lowest BCUT2D eigenvalue weighted by Gasteiger charge is -2.34. The maximum Gasteiger partial charge on any atom is 0.270 e. The number of hydrogen-bond acceptors (Lipinski definition) is 3. The van der Waals surface area contributed by atoms with Gasteiger partial charge in [0.1, 0.15) is 5.69 Å². The van der Waals surface area contributed by atoms with Gasteiger partial charge < -0.3 is 14.6 Å². The first-order valence-electron chi connectivity index (χ1n) is 7.95. The summed E-state index contributed by atoms with van der Waals surface area (Å²) < 4.78 is 2.10. The quantitative estimate of drug-likeness (QED) is 0.929. The molecule has 1 saturated heterocycles. The SMILES string of the molecule is CCn1c(C(=O)N2CCN(CCO)CC2)cc2ccccc21. The van der Waals surface area contributed by atoms with Gasteiger partial charge in [-0.2, -0.15) is 0 Å². The first-order valence-corrected chi connectivity index (χ1v) is 7.95. The molecule has 1 aliphatic heterocycles. The van der Waals surface area contributed by atoms with E-state index in [4.69, 9.17) is 5.11 Å². The van der Waals surface area contributed by atoms with Crippen molar-refractivity contribution in [3.8, 4) is 0 Å². The van der Waals surface area contributed by atoms with Gasteiger partial charge in [0.2, 0.25) is 0 Å². The number of aromatic nitrogens is 1. The molecule has 118 valence electrons. The van der Waals surface area contributed by atoms with Crippen LogP contribution in [0.4, 0.5) is 0 Å². The number of fused-ring (bicyclic) bond motifs is 1. The van der Waals surface area contributed by atoms with Gasteiger partial charge in [0.05, 0.1) is 6.61 Å². The van der Waals surface area contributed by atoms with Crippen molar-refractivity contribution >= 4 is 16.8 Å². The Morgan fingerprint density at radius 2 is 1.91 bits per heavy atom. The molecule has 0 aliphatic carbocycles. The molecule has 0 atom stereocenters. The summed E-state index contributed by atoms with van der Waals surface area (Å²) in [7, 11) is 0. The Hall–Kier alpha value is -1.85. The van der Waals surface area contributed by atoms with Crippen LogP contribution in [0.15, 0.2) is 30.3 Å². The number of β-amino-alcohol motifs (C(OH)–C–C–N with tert-alkyl or cyclic N) is 1. The van der Waals surface area contributed by atoms with Crippen molar-refractivity contribution in [1.29, 1.82) is 0 Å². The minimum absolute atomic E-state index is 0.113. The lowest BCUT2D eigenvalue weighted by atomic mass is 10.2. The summed E-state index contributed by atoms with van der Waals surface area (Å²) in [5, 5.41) is 10.1. The van der Waals surface area contributed by atoms with E-state index >= 15 is 0 Å². The molecule has 1 N–H and O–H groups in total. The van der Waals surface area contributed by atoms with E-state index in [2.05, 4.69) is 28.5 Å². The van der Waals surface area contributed by atoms with Gasteiger partial charge in [-0.3, -0.25) is 9.69 Å². The van der Waals surface area contributed by atoms with Crippen molar-refractivity contribution in [2.75, 3.05) is 39.3 Å². The fourth-order valence-corrected chi connectivity index (χ4v) is 3.21. The zero-order valence-electron chi connectivity index (χ0n) is 13.0. The molecule has 2 aromatic rings. The van der Waals surface area contributed by atoms with Crippen molar-refractivity contribution in [2.45, 2.75) is 13.5 Å². The van der Waals surface area contributed by atoms with Crippen LogP contribution in [0, 0.1) is 0 Å². The largest absolute Gasteiger partial charge is 0.395 e. The lowest BCUT2D eigenvalue weighted by Crippen LogP contribution is -2.49. The number of amides is 1. The molecule has 0 radical (unpaired) electrons. The highest BCUT2D eigenvalue weighted by atomic mass is 16.3. The van der Waals surface area contributed by atoms with Crippen molar-refractivity contribution in [1.82, 2.24) is 14.4 Å². The highest BCUT2D eigenvalue weighted by Gasteiger charge is 2.24. The summed E-state index contributed by atoms with van der Waals surface area (Å²) >= 11 is 0. The van der Waals surface area contributed by atoms with Gasteiger partial charge >= 0.3 is 0 Å². The fraction of sp³-hybridized carbons (Fsp3) is 0.471. The van der Waals surface area contributed by atoms with Crippen LogP contribution in [0.25, 0.3) is 10.9 Å². The number of para-hydroxylation sites is 1. The maximum atomic E-state index is 12.9. The number of nitrogens with zero attached hydrogens (tertiary/aromatic N) is 3. The van der Waals surface area contributed by atoms with E-state index < -0.39 is 0 Å². The van der Waals surface area contributed by atoms with E-state index in [9.17, 15) is 4.79 Å². The van der Waals surface area contributed by atoms with E-state index in [1.54, 1.807) is 0 Å². The zero-order valence-corrected chi connectivity index (χ0v) is 13.0. The molecule has 0 bridgehead atoms. The minimum atomic E-state index is 0.113. The second-order valence-electron chi connectivity index (χ2n) is 5.69. The normalized spacial score (nSPS) is 16.4. The summed E-state index contributed by atoms with van der Waals surface area (Å²) in [6.07, 6.45) is 0. The number of carbonyl (C=O) groups is 1. The molecular weight excluding hydrogens is 278 g/mol. The molecule has 0 saturated carbocycles. The van der Waals surface area contributed by atoms with Gasteiger partial charge in [-0.1, -0.05) is 18.2 Å². The number of aliphatic hydroxyl groups excluding tert-OH is 1. The first kappa shape index (κ1) is 15.1. The molecule has 1 fully saturated rings. The molecule has 1 aromatic heterocycles. The number of aryl methyl sites for hydroxylation is 1.